The average Bonchev–Trinajstić information content (AvgIpc) is 3.13. The van der Waals surface area contributed by atoms with E-state index in [-0.39, 0.29) is 51.7 Å². The van der Waals surface area contributed by atoms with Gasteiger partial charge in [0.25, 0.3) is 0 Å². The number of rotatable bonds is 5. The van der Waals surface area contributed by atoms with E-state index in [9.17, 15) is 19.3 Å². The number of fused-ring (bicyclic) bond motifs is 3. The summed E-state index contributed by atoms with van der Waals surface area (Å²) in [6.07, 6.45) is 4.59. The van der Waals surface area contributed by atoms with Gasteiger partial charge in [-0.1, -0.05) is 11.6 Å². The van der Waals surface area contributed by atoms with Crippen molar-refractivity contribution in [1.29, 1.82) is 0 Å². The van der Waals surface area contributed by atoms with Gasteiger partial charge in [0, 0.05) is 30.7 Å². The van der Waals surface area contributed by atoms with Crippen LogP contribution in [-0.2, 0) is 4.74 Å². The van der Waals surface area contributed by atoms with Crippen molar-refractivity contribution >= 4 is 45.7 Å². The number of ether oxygens (including phenoxy) is 2. The molecule has 5 rings (SSSR count). The van der Waals surface area contributed by atoms with E-state index in [1.807, 2.05) is 0 Å². The Morgan fingerprint density at radius 2 is 1.94 bits per heavy atom. The number of urea groups is 1. The van der Waals surface area contributed by atoms with Crippen LogP contribution in [0.1, 0.15) is 25.7 Å². The van der Waals surface area contributed by atoms with Crippen molar-refractivity contribution in [3.63, 3.8) is 0 Å². The quantitative estimate of drug-likeness (QED) is 0.380. The van der Waals surface area contributed by atoms with E-state index in [1.54, 1.807) is 0 Å². The predicted molar refractivity (Wildman–Crippen MR) is 122 cm³/mol. The molecule has 2 fully saturated rings. The van der Waals surface area contributed by atoms with Crippen LogP contribution in [0.3, 0.4) is 0 Å². The van der Waals surface area contributed by atoms with Crippen LogP contribution in [0.2, 0.25) is 5.02 Å². The number of amides is 2. The van der Waals surface area contributed by atoms with Crippen molar-refractivity contribution in [2.45, 2.75) is 44.0 Å². The largest absolute Gasteiger partial charge is 0.483 e. The summed E-state index contributed by atoms with van der Waals surface area (Å²) in [5, 5.41) is 17.0. The second-order valence-corrected chi connectivity index (χ2v) is 8.60. The van der Waals surface area contributed by atoms with Crippen molar-refractivity contribution in [2.75, 3.05) is 10.6 Å². The number of halogens is 2. The fourth-order valence-electron chi connectivity index (χ4n) is 4.34. The summed E-state index contributed by atoms with van der Waals surface area (Å²) in [5.41, 5.74) is 0.370. The van der Waals surface area contributed by atoms with Gasteiger partial charge in [0.2, 0.25) is 0 Å². The van der Waals surface area contributed by atoms with Gasteiger partial charge in [-0.25, -0.2) is 19.2 Å². The molecule has 2 N–H and O–H groups in total. The third-order valence-corrected chi connectivity index (χ3v) is 6.15. The van der Waals surface area contributed by atoms with E-state index >= 15 is 0 Å². The first kappa shape index (κ1) is 22.2. The van der Waals surface area contributed by atoms with Gasteiger partial charge < -0.3 is 14.8 Å². The number of nitrogens with one attached hydrogen (secondary N) is 2. The predicted octanol–water partition coefficient (Wildman–Crippen LogP) is 5.06. The lowest BCUT2D eigenvalue weighted by Gasteiger charge is -2.28. The minimum Gasteiger partial charge on any atom is -0.483 e. The van der Waals surface area contributed by atoms with Crippen molar-refractivity contribution in [3.8, 4) is 5.75 Å². The molecule has 2 unspecified atom stereocenters. The molecular formula is C22H19ClFN5O5. The second-order valence-electron chi connectivity index (χ2n) is 8.19. The maximum atomic E-state index is 13.3. The molecule has 0 aliphatic carbocycles. The molecular weight excluding hydrogens is 469 g/mol. The van der Waals surface area contributed by atoms with Gasteiger partial charge in [-0.3, -0.25) is 15.4 Å². The topological polar surface area (TPSA) is 129 Å². The van der Waals surface area contributed by atoms with Crippen LogP contribution in [0.25, 0.3) is 10.9 Å². The highest BCUT2D eigenvalue weighted by atomic mass is 35.5. The van der Waals surface area contributed by atoms with Crippen LogP contribution in [0.15, 0.2) is 36.7 Å². The number of hydrogen-bond donors (Lipinski definition) is 2. The van der Waals surface area contributed by atoms with Crippen molar-refractivity contribution < 1.29 is 23.6 Å². The lowest BCUT2D eigenvalue weighted by Crippen LogP contribution is -2.32. The van der Waals surface area contributed by atoms with Crippen LogP contribution in [0, 0.1) is 15.9 Å². The highest BCUT2D eigenvalue weighted by molar-refractivity contribution is 6.31. The Bertz CT molecular complexity index is 1280. The molecule has 12 heteroatoms. The maximum Gasteiger partial charge on any atom is 0.324 e. The molecule has 176 valence electrons. The fraction of sp³-hybridized carbons (Fsp3) is 0.318. The molecule has 34 heavy (non-hydrogen) atoms. The van der Waals surface area contributed by atoms with Crippen LogP contribution >= 0.6 is 11.6 Å². The van der Waals surface area contributed by atoms with Crippen LogP contribution in [-0.4, -0.2) is 39.2 Å². The fourth-order valence-corrected chi connectivity index (χ4v) is 4.52. The normalized spacial score (nSPS) is 21.3. The molecule has 3 aromatic rings. The maximum absolute atomic E-state index is 13.3. The van der Waals surface area contributed by atoms with Gasteiger partial charge in [-0.15, -0.1) is 0 Å². The SMILES string of the molecule is O=C(Nc1ccc(F)c(Cl)c1)Nc1ncnc2cc(OC3CC4CCC(C3)O4)c([N+](=O)[O-])cc12. The Labute approximate surface area is 197 Å². The minimum absolute atomic E-state index is 0.0643. The Kier molecular flexibility index (Phi) is 5.88. The summed E-state index contributed by atoms with van der Waals surface area (Å²) in [4.78, 5) is 31.9. The molecule has 2 saturated heterocycles. The number of aromatic nitrogens is 2. The zero-order valence-electron chi connectivity index (χ0n) is 17.7. The van der Waals surface area contributed by atoms with E-state index in [4.69, 9.17) is 21.1 Å². The third kappa shape index (κ3) is 4.57. The average molecular weight is 488 g/mol. The van der Waals surface area contributed by atoms with Crippen LogP contribution in [0.4, 0.5) is 26.4 Å². The summed E-state index contributed by atoms with van der Waals surface area (Å²) in [5.74, 6) is -0.443. The van der Waals surface area contributed by atoms with Gasteiger partial charge in [0.15, 0.2) is 5.75 Å². The molecule has 2 aliphatic rings. The zero-order chi connectivity index (χ0) is 23.8. The van der Waals surface area contributed by atoms with E-state index < -0.39 is 16.8 Å². The number of anilines is 2. The lowest BCUT2D eigenvalue weighted by molar-refractivity contribution is -0.386. The molecule has 0 radical (unpaired) electrons. The lowest BCUT2D eigenvalue weighted by atomic mass is 10.1. The van der Waals surface area contributed by atoms with Crippen molar-refractivity contribution in [1.82, 2.24) is 9.97 Å². The molecule has 1 aromatic heterocycles. The number of carbonyl (C=O) groups is 1. The van der Waals surface area contributed by atoms with Gasteiger partial charge in [0.1, 0.15) is 24.1 Å². The summed E-state index contributed by atoms with van der Waals surface area (Å²) >= 11 is 5.74. The Balaban J connectivity index is 1.40. The summed E-state index contributed by atoms with van der Waals surface area (Å²) in [6.45, 7) is 0. The zero-order valence-corrected chi connectivity index (χ0v) is 18.4. The van der Waals surface area contributed by atoms with Crippen molar-refractivity contribution in [3.05, 3.63) is 57.6 Å². The van der Waals surface area contributed by atoms with Gasteiger partial charge in [-0.05, 0) is 31.0 Å². The van der Waals surface area contributed by atoms with Gasteiger partial charge in [0.05, 0.1) is 33.1 Å². The smallest absolute Gasteiger partial charge is 0.324 e. The number of nitro groups is 1. The molecule has 0 spiro atoms. The molecule has 2 atom stereocenters. The standard InChI is InChI=1S/C22H19ClFN5O5/c23-16-5-11(1-4-17(16)24)27-22(30)28-21-15-8-19(29(31)32)20(9-18(15)25-10-26-21)34-14-6-12-2-3-13(7-14)33-12/h1,4-5,8-10,12-14H,2-3,6-7H2,(H2,25,26,27,28,30). The van der Waals surface area contributed by atoms with Crippen LogP contribution < -0.4 is 15.4 Å². The highest BCUT2D eigenvalue weighted by Gasteiger charge is 2.37. The molecule has 0 saturated carbocycles. The first-order chi connectivity index (χ1) is 16.4. The van der Waals surface area contributed by atoms with Crippen molar-refractivity contribution in [2.24, 2.45) is 0 Å². The Morgan fingerprint density at radius 1 is 1.18 bits per heavy atom. The van der Waals surface area contributed by atoms with E-state index in [2.05, 4.69) is 20.6 Å². The first-order valence-corrected chi connectivity index (χ1v) is 11.0. The van der Waals surface area contributed by atoms with E-state index in [1.165, 1.54) is 30.6 Å². The third-order valence-electron chi connectivity index (χ3n) is 5.86. The second kappa shape index (κ2) is 8.99. The number of hydrogen-bond acceptors (Lipinski definition) is 7. The van der Waals surface area contributed by atoms with Gasteiger partial charge >= 0.3 is 11.7 Å². The van der Waals surface area contributed by atoms with E-state index in [0.717, 1.165) is 18.9 Å². The highest BCUT2D eigenvalue weighted by Crippen LogP contribution is 2.38. The Morgan fingerprint density at radius 3 is 2.65 bits per heavy atom. The first-order valence-electron chi connectivity index (χ1n) is 10.6. The Hall–Kier alpha value is -3.57. The number of benzene rings is 2. The molecule has 2 amide bonds. The summed E-state index contributed by atoms with van der Waals surface area (Å²) in [7, 11) is 0. The number of carbonyl (C=O) groups excluding carboxylic acids is 1. The van der Waals surface area contributed by atoms with E-state index in [0.29, 0.717) is 18.4 Å². The molecule has 2 bridgehead atoms. The molecule has 10 nitrogen and oxygen atoms in total. The van der Waals surface area contributed by atoms with Gasteiger partial charge in [-0.2, -0.15) is 0 Å². The number of nitro benzene ring substituents is 1. The number of nitrogens with zero attached hydrogens (tertiary/aromatic N) is 3. The minimum atomic E-state index is -0.691. The van der Waals surface area contributed by atoms with Crippen LogP contribution in [0.5, 0.6) is 5.75 Å². The molecule has 3 heterocycles. The summed E-state index contributed by atoms with van der Waals surface area (Å²) < 4.78 is 25.2. The summed E-state index contributed by atoms with van der Waals surface area (Å²) in [6, 6.07) is 5.79. The monoisotopic (exact) mass is 487 g/mol. The molecule has 2 aliphatic heterocycles. The molecule has 2 aromatic carbocycles.